The van der Waals surface area contributed by atoms with Gasteiger partial charge in [-0.3, -0.25) is 9.59 Å². The lowest BCUT2D eigenvalue weighted by molar-refractivity contribution is -0.140. The van der Waals surface area contributed by atoms with Crippen LogP contribution in [0.1, 0.15) is 26.2 Å². The van der Waals surface area contributed by atoms with Gasteiger partial charge in [0.05, 0.1) is 18.6 Å². The molecule has 17 heavy (non-hydrogen) atoms. The van der Waals surface area contributed by atoms with E-state index in [1.54, 1.807) is 4.90 Å². The van der Waals surface area contributed by atoms with Gasteiger partial charge in [0.2, 0.25) is 11.8 Å². The molecular formula is C12H20N2O3. The molecule has 96 valence electrons. The van der Waals surface area contributed by atoms with Gasteiger partial charge in [-0.05, 0) is 19.3 Å². The lowest BCUT2D eigenvalue weighted by Gasteiger charge is -2.25. The average molecular weight is 240 g/mol. The number of nitrogens with zero attached hydrogens (tertiary/aromatic N) is 1. The average Bonchev–Trinajstić information content (AvgIpc) is 2.70. The van der Waals surface area contributed by atoms with Gasteiger partial charge in [-0.2, -0.15) is 0 Å². The summed E-state index contributed by atoms with van der Waals surface area (Å²) in [6, 6.07) is 0. The van der Waals surface area contributed by atoms with Crippen molar-refractivity contribution in [2.75, 3.05) is 26.2 Å². The van der Waals surface area contributed by atoms with Crippen LogP contribution in [0.3, 0.4) is 0 Å². The number of ether oxygens (including phenoxy) is 1. The van der Waals surface area contributed by atoms with Crippen LogP contribution in [0.2, 0.25) is 0 Å². The van der Waals surface area contributed by atoms with Crippen molar-refractivity contribution in [3.05, 3.63) is 0 Å². The summed E-state index contributed by atoms with van der Waals surface area (Å²) in [6.45, 7) is 4.23. The number of hydrogen-bond acceptors (Lipinski definition) is 3. The fourth-order valence-corrected chi connectivity index (χ4v) is 2.56. The molecule has 0 aromatic carbocycles. The quantitative estimate of drug-likeness (QED) is 0.747. The molecule has 0 aromatic heterocycles. The highest BCUT2D eigenvalue weighted by Crippen LogP contribution is 2.25. The van der Waals surface area contributed by atoms with Crippen LogP contribution in [0.15, 0.2) is 0 Å². The zero-order valence-electron chi connectivity index (χ0n) is 10.3. The monoisotopic (exact) mass is 240 g/mol. The maximum Gasteiger partial charge on any atom is 0.239 e. The highest BCUT2D eigenvalue weighted by atomic mass is 16.5. The molecule has 0 spiro atoms. The second-order valence-corrected chi connectivity index (χ2v) is 4.68. The first-order valence-corrected chi connectivity index (χ1v) is 6.39. The molecule has 0 radical (unpaired) electrons. The predicted octanol–water partition coefficient (Wildman–Crippen LogP) is 0.150. The van der Waals surface area contributed by atoms with Gasteiger partial charge in [0.15, 0.2) is 0 Å². The number of amides is 2. The Kier molecular flexibility index (Phi) is 3.99. The Balaban J connectivity index is 2.00. The van der Waals surface area contributed by atoms with E-state index < -0.39 is 0 Å². The summed E-state index contributed by atoms with van der Waals surface area (Å²) in [6.07, 6.45) is 2.52. The van der Waals surface area contributed by atoms with Crippen molar-refractivity contribution in [3.8, 4) is 0 Å². The van der Waals surface area contributed by atoms with Crippen LogP contribution in [0, 0.1) is 5.92 Å². The van der Waals surface area contributed by atoms with Crippen LogP contribution in [-0.2, 0) is 14.3 Å². The second kappa shape index (κ2) is 5.49. The fourth-order valence-electron chi connectivity index (χ4n) is 2.56. The maximum atomic E-state index is 12.3. The third-order valence-corrected chi connectivity index (χ3v) is 3.50. The fraction of sp³-hybridized carbons (Fsp3) is 0.833. The first-order chi connectivity index (χ1) is 8.22. The highest BCUT2D eigenvalue weighted by Gasteiger charge is 2.36. The zero-order valence-corrected chi connectivity index (χ0v) is 10.3. The normalized spacial score (nSPS) is 29.9. The van der Waals surface area contributed by atoms with Gasteiger partial charge in [-0.1, -0.05) is 6.92 Å². The molecule has 1 N–H and O–H groups in total. The molecule has 2 unspecified atom stereocenters. The molecule has 2 heterocycles. The van der Waals surface area contributed by atoms with Crippen molar-refractivity contribution in [3.63, 3.8) is 0 Å². The molecule has 0 aromatic rings. The molecule has 2 aliphatic rings. The molecule has 0 bridgehead atoms. The molecular weight excluding hydrogens is 220 g/mol. The number of nitrogens with one attached hydrogen (secondary N) is 1. The smallest absolute Gasteiger partial charge is 0.239 e. The summed E-state index contributed by atoms with van der Waals surface area (Å²) in [4.78, 5) is 25.4. The van der Waals surface area contributed by atoms with Crippen LogP contribution < -0.4 is 5.32 Å². The van der Waals surface area contributed by atoms with Crippen LogP contribution in [0.5, 0.6) is 0 Å². The lowest BCUT2D eigenvalue weighted by Crippen LogP contribution is -2.42. The van der Waals surface area contributed by atoms with E-state index in [1.807, 2.05) is 6.92 Å². The summed E-state index contributed by atoms with van der Waals surface area (Å²) < 4.78 is 5.54. The molecule has 0 aliphatic carbocycles. The van der Waals surface area contributed by atoms with Crippen molar-refractivity contribution < 1.29 is 14.3 Å². The van der Waals surface area contributed by atoms with E-state index in [0.29, 0.717) is 19.7 Å². The molecule has 2 rings (SSSR count). The van der Waals surface area contributed by atoms with E-state index in [-0.39, 0.29) is 30.4 Å². The minimum atomic E-state index is -0.0530. The first-order valence-electron chi connectivity index (χ1n) is 6.39. The Morgan fingerprint density at radius 2 is 2.41 bits per heavy atom. The van der Waals surface area contributed by atoms with Gasteiger partial charge < -0.3 is 15.0 Å². The number of carbonyl (C=O) groups is 2. The van der Waals surface area contributed by atoms with Gasteiger partial charge in [0, 0.05) is 19.7 Å². The minimum absolute atomic E-state index is 0.0359. The summed E-state index contributed by atoms with van der Waals surface area (Å²) in [5.74, 6) is -0.0138. The van der Waals surface area contributed by atoms with Crippen molar-refractivity contribution in [2.45, 2.75) is 32.3 Å². The Hall–Kier alpha value is -1.10. The van der Waals surface area contributed by atoms with Gasteiger partial charge in [-0.25, -0.2) is 0 Å². The molecule has 5 nitrogen and oxygen atoms in total. The lowest BCUT2D eigenvalue weighted by atomic mass is 9.98. The zero-order chi connectivity index (χ0) is 12.3. The third-order valence-electron chi connectivity index (χ3n) is 3.50. The van der Waals surface area contributed by atoms with Gasteiger partial charge in [0.1, 0.15) is 0 Å². The minimum Gasteiger partial charge on any atom is -0.377 e. The van der Waals surface area contributed by atoms with Crippen LogP contribution >= 0.6 is 0 Å². The summed E-state index contributed by atoms with van der Waals surface area (Å²) in [5.41, 5.74) is 0. The van der Waals surface area contributed by atoms with E-state index in [1.165, 1.54) is 0 Å². The number of rotatable bonds is 2. The van der Waals surface area contributed by atoms with E-state index >= 15 is 0 Å². The molecule has 5 heteroatoms. The molecule has 2 aliphatic heterocycles. The standard InChI is InChI=1S/C12H20N2O3/c1-2-10-9(4-7-17-10)12(16)14-6-3-5-13-11(15)8-14/h9-10H,2-8H2,1H3,(H,13,15). The number of carbonyl (C=O) groups excluding carboxylic acids is 2. The third kappa shape index (κ3) is 2.77. The van der Waals surface area contributed by atoms with Gasteiger partial charge in [-0.15, -0.1) is 0 Å². The Morgan fingerprint density at radius 1 is 1.59 bits per heavy atom. The second-order valence-electron chi connectivity index (χ2n) is 4.68. The summed E-state index contributed by atoms with van der Waals surface area (Å²) in [7, 11) is 0. The van der Waals surface area contributed by atoms with Crippen molar-refractivity contribution in [2.24, 2.45) is 5.92 Å². The number of hydrogen-bond donors (Lipinski definition) is 1. The van der Waals surface area contributed by atoms with Gasteiger partial charge in [0.25, 0.3) is 0 Å². The Bertz CT molecular complexity index is 306. The first kappa shape index (κ1) is 12.4. The molecule has 2 atom stereocenters. The Labute approximate surface area is 101 Å². The molecule has 2 fully saturated rings. The van der Waals surface area contributed by atoms with Crippen LogP contribution in [-0.4, -0.2) is 49.1 Å². The molecule has 0 saturated carbocycles. The van der Waals surface area contributed by atoms with Crippen molar-refractivity contribution in [1.82, 2.24) is 10.2 Å². The topological polar surface area (TPSA) is 58.6 Å². The maximum absolute atomic E-state index is 12.3. The van der Waals surface area contributed by atoms with Gasteiger partial charge >= 0.3 is 0 Å². The summed E-state index contributed by atoms with van der Waals surface area (Å²) >= 11 is 0. The van der Waals surface area contributed by atoms with E-state index in [4.69, 9.17) is 4.74 Å². The summed E-state index contributed by atoms with van der Waals surface area (Å²) in [5, 5.41) is 2.78. The SMILES string of the molecule is CCC1OCCC1C(=O)N1CCCNC(=O)C1. The van der Waals surface area contributed by atoms with Crippen molar-refractivity contribution >= 4 is 11.8 Å². The molecule has 2 saturated heterocycles. The predicted molar refractivity (Wildman–Crippen MR) is 62.3 cm³/mol. The molecule has 2 amide bonds. The Morgan fingerprint density at radius 3 is 3.18 bits per heavy atom. The highest BCUT2D eigenvalue weighted by molar-refractivity contribution is 5.86. The van der Waals surface area contributed by atoms with E-state index in [9.17, 15) is 9.59 Å². The largest absolute Gasteiger partial charge is 0.377 e. The van der Waals surface area contributed by atoms with Crippen LogP contribution in [0.4, 0.5) is 0 Å². The van der Waals surface area contributed by atoms with Crippen LogP contribution in [0.25, 0.3) is 0 Å². The van der Waals surface area contributed by atoms with Crippen molar-refractivity contribution in [1.29, 1.82) is 0 Å². The van der Waals surface area contributed by atoms with E-state index in [2.05, 4.69) is 5.32 Å². The van der Waals surface area contributed by atoms with E-state index in [0.717, 1.165) is 19.3 Å².